The smallest absolute Gasteiger partial charge is 0.123 e. The molecule has 0 saturated heterocycles. The van der Waals surface area contributed by atoms with Crippen molar-refractivity contribution in [3.63, 3.8) is 0 Å². The molecule has 2 aromatic rings. The van der Waals surface area contributed by atoms with Crippen molar-refractivity contribution in [1.82, 2.24) is 5.32 Å². The lowest BCUT2D eigenvalue weighted by atomic mass is 9.90. The van der Waals surface area contributed by atoms with Crippen LogP contribution in [0.5, 0.6) is 0 Å². The molecule has 0 aliphatic heterocycles. The van der Waals surface area contributed by atoms with Gasteiger partial charge in [0.1, 0.15) is 5.82 Å². The van der Waals surface area contributed by atoms with Crippen LogP contribution in [0.25, 0.3) is 0 Å². The predicted molar refractivity (Wildman–Crippen MR) is 85.2 cm³/mol. The summed E-state index contributed by atoms with van der Waals surface area (Å²) in [6.07, 6.45) is 2.03. The van der Waals surface area contributed by atoms with Crippen LogP contribution < -0.4 is 5.32 Å². The van der Waals surface area contributed by atoms with E-state index in [0.29, 0.717) is 10.9 Å². The number of hydrogen-bond donors (Lipinski definition) is 1. The molecule has 1 nitrogen and oxygen atoms in total. The zero-order valence-electron chi connectivity index (χ0n) is 12.1. The Labute approximate surface area is 130 Å². The van der Waals surface area contributed by atoms with E-state index in [1.54, 1.807) is 12.1 Å². The monoisotopic (exact) mass is 303 g/mol. The molecular formula is C18H19ClFN. The van der Waals surface area contributed by atoms with Gasteiger partial charge >= 0.3 is 0 Å². The summed E-state index contributed by atoms with van der Waals surface area (Å²) in [5.74, 6) is 0.189. The highest BCUT2D eigenvalue weighted by atomic mass is 35.5. The average molecular weight is 304 g/mol. The first-order valence-corrected chi connectivity index (χ1v) is 7.82. The Bertz CT molecular complexity index is 616. The first-order valence-electron chi connectivity index (χ1n) is 7.44. The lowest BCUT2D eigenvalue weighted by Gasteiger charge is -2.25. The van der Waals surface area contributed by atoms with Crippen molar-refractivity contribution >= 4 is 11.6 Å². The summed E-state index contributed by atoms with van der Waals surface area (Å²) in [5, 5.41) is 4.13. The molecule has 2 aromatic carbocycles. The topological polar surface area (TPSA) is 12.0 Å². The zero-order chi connectivity index (χ0) is 14.8. The molecule has 0 bridgehead atoms. The first kappa shape index (κ1) is 14.6. The Balaban J connectivity index is 1.91. The average Bonchev–Trinajstić information content (AvgIpc) is 2.91. The Morgan fingerprint density at radius 1 is 1.19 bits per heavy atom. The second kappa shape index (κ2) is 6.17. The van der Waals surface area contributed by atoms with E-state index in [2.05, 4.69) is 36.5 Å². The number of nitrogens with one attached hydrogen (secondary N) is 1. The van der Waals surface area contributed by atoms with Gasteiger partial charge in [0, 0.05) is 11.1 Å². The Morgan fingerprint density at radius 3 is 2.48 bits per heavy atom. The number of fused-ring (bicyclic) bond motifs is 1. The van der Waals surface area contributed by atoms with Crippen LogP contribution >= 0.6 is 11.6 Å². The van der Waals surface area contributed by atoms with Crippen LogP contribution in [0, 0.1) is 11.7 Å². The molecule has 0 saturated carbocycles. The number of rotatable bonds is 4. The number of hydrogen-bond acceptors (Lipinski definition) is 1. The maximum Gasteiger partial charge on any atom is 0.123 e. The minimum Gasteiger partial charge on any atom is -0.310 e. The van der Waals surface area contributed by atoms with Crippen molar-refractivity contribution in [2.45, 2.75) is 25.8 Å². The fraction of sp³-hybridized carbons (Fsp3) is 0.333. The summed E-state index contributed by atoms with van der Waals surface area (Å²) in [5.41, 5.74) is 3.67. The molecule has 1 N–H and O–H groups in total. The molecule has 21 heavy (non-hydrogen) atoms. The van der Waals surface area contributed by atoms with Gasteiger partial charge in [0.15, 0.2) is 0 Å². The number of halogens is 2. The highest BCUT2D eigenvalue weighted by Gasteiger charge is 2.30. The summed E-state index contributed by atoms with van der Waals surface area (Å²) < 4.78 is 13.6. The van der Waals surface area contributed by atoms with Crippen LogP contribution in [0.1, 0.15) is 29.7 Å². The summed E-state index contributed by atoms with van der Waals surface area (Å²) in [6, 6.07) is 13.3. The van der Waals surface area contributed by atoms with Crippen LogP contribution in [-0.4, -0.2) is 6.54 Å². The van der Waals surface area contributed by atoms with Gasteiger partial charge in [-0.05, 0) is 60.2 Å². The molecule has 1 aliphatic carbocycles. The first-order chi connectivity index (χ1) is 10.2. The minimum absolute atomic E-state index is 0.0885. The lowest BCUT2D eigenvalue weighted by molar-refractivity contribution is 0.379. The third-order valence-electron chi connectivity index (χ3n) is 4.27. The predicted octanol–water partition coefficient (Wildman–Crippen LogP) is 4.54. The van der Waals surface area contributed by atoms with Gasteiger partial charge in [0.25, 0.3) is 0 Å². The third kappa shape index (κ3) is 2.97. The molecule has 0 radical (unpaired) electrons. The third-order valence-corrected chi connectivity index (χ3v) is 4.62. The van der Waals surface area contributed by atoms with Gasteiger partial charge in [-0.25, -0.2) is 4.39 Å². The van der Waals surface area contributed by atoms with E-state index in [1.165, 1.54) is 17.2 Å². The maximum atomic E-state index is 13.6. The van der Waals surface area contributed by atoms with Gasteiger partial charge in [-0.3, -0.25) is 0 Å². The SMILES string of the molecule is CCNC(c1cc(F)ccc1Cl)C1Cc2ccccc2C1. The van der Waals surface area contributed by atoms with Crippen LogP contribution in [0.15, 0.2) is 42.5 Å². The van der Waals surface area contributed by atoms with Crippen LogP contribution in [0.4, 0.5) is 4.39 Å². The van der Waals surface area contributed by atoms with Gasteiger partial charge in [0.2, 0.25) is 0 Å². The van der Waals surface area contributed by atoms with Gasteiger partial charge in [0.05, 0.1) is 0 Å². The Morgan fingerprint density at radius 2 is 1.86 bits per heavy atom. The van der Waals surface area contributed by atoms with Gasteiger partial charge in [-0.1, -0.05) is 42.8 Å². The highest BCUT2D eigenvalue weighted by Crippen LogP contribution is 2.37. The second-order valence-corrected chi connectivity index (χ2v) is 6.05. The molecule has 1 unspecified atom stereocenters. The fourth-order valence-electron chi connectivity index (χ4n) is 3.33. The summed E-state index contributed by atoms with van der Waals surface area (Å²) >= 11 is 6.31. The van der Waals surface area contributed by atoms with E-state index in [4.69, 9.17) is 11.6 Å². The normalized spacial score (nSPS) is 16.0. The zero-order valence-corrected chi connectivity index (χ0v) is 12.8. The molecule has 3 heteroatoms. The van der Waals surface area contributed by atoms with Crippen molar-refractivity contribution in [3.05, 3.63) is 70.0 Å². The molecule has 0 fully saturated rings. The molecule has 0 aromatic heterocycles. The molecular weight excluding hydrogens is 285 g/mol. The van der Waals surface area contributed by atoms with E-state index >= 15 is 0 Å². The van der Waals surface area contributed by atoms with Gasteiger partial charge in [-0.2, -0.15) is 0 Å². The van der Waals surface area contributed by atoms with Crippen molar-refractivity contribution in [2.24, 2.45) is 5.92 Å². The van der Waals surface area contributed by atoms with Crippen molar-refractivity contribution in [3.8, 4) is 0 Å². The molecule has 1 atom stereocenters. The Kier molecular flexibility index (Phi) is 4.27. The molecule has 3 rings (SSSR count). The standard InChI is InChI=1S/C18H19ClFN/c1-2-21-18(16-11-15(20)7-8-17(16)19)14-9-12-5-3-4-6-13(12)10-14/h3-8,11,14,18,21H,2,9-10H2,1H3. The maximum absolute atomic E-state index is 13.6. The molecule has 0 spiro atoms. The quantitative estimate of drug-likeness (QED) is 0.874. The Hall–Kier alpha value is -1.38. The van der Waals surface area contributed by atoms with Crippen molar-refractivity contribution in [2.75, 3.05) is 6.54 Å². The molecule has 0 heterocycles. The van der Waals surface area contributed by atoms with Crippen molar-refractivity contribution < 1.29 is 4.39 Å². The van der Waals surface area contributed by atoms with Crippen LogP contribution in [-0.2, 0) is 12.8 Å². The van der Waals surface area contributed by atoms with Gasteiger partial charge < -0.3 is 5.32 Å². The lowest BCUT2D eigenvalue weighted by Crippen LogP contribution is -2.29. The van der Waals surface area contributed by atoms with Crippen LogP contribution in [0.2, 0.25) is 5.02 Å². The van der Waals surface area contributed by atoms with E-state index in [1.807, 2.05) is 0 Å². The van der Waals surface area contributed by atoms with E-state index in [-0.39, 0.29) is 11.9 Å². The van der Waals surface area contributed by atoms with Crippen LogP contribution in [0.3, 0.4) is 0 Å². The van der Waals surface area contributed by atoms with E-state index in [9.17, 15) is 4.39 Å². The highest BCUT2D eigenvalue weighted by molar-refractivity contribution is 6.31. The molecule has 110 valence electrons. The summed E-state index contributed by atoms with van der Waals surface area (Å²) in [7, 11) is 0. The number of benzene rings is 2. The second-order valence-electron chi connectivity index (χ2n) is 5.64. The van der Waals surface area contributed by atoms with Crippen molar-refractivity contribution in [1.29, 1.82) is 0 Å². The molecule has 1 aliphatic rings. The summed E-state index contributed by atoms with van der Waals surface area (Å²) in [4.78, 5) is 0. The minimum atomic E-state index is -0.229. The van der Waals surface area contributed by atoms with E-state index in [0.717, 1.165) is 24.9 Å². The van der Waals surface area contributed by atoms with E-state index < -0.39 is 0 Å². The molecule has 0 amide bonds. The van der Waals surface area contributed by atoms with Gasteiger partial charge in [-0.15, -0.1) is 0 Å². The largest absolute Gasteiger partial charge is 0.310 e. The fourth-order valence-corrected chi connectivity index (χ4v) is 3.57. The summed E-state index contributed by atoms with van der Waals surface area (Å²) in [6.45, 7) is 2.91.